The Morgan fingerprint density at radius 2 is 1.90 bits per heavy atom. The van der Waals surface area contributed by atoms with Crippen molar-refractivity contribution in [2.24, 2.45) is 5.73 Å². The van der Waals surface area contributed by atoms with E-state index in [-0.39, 0.29) is 34.8 Å². The third-order valence-electron chi connectivity index (χ3n) is 6.72. The van der Waals surface area contributed by atoms with Crippen LogP contribution in [0.15, 0.2) is 51.8 Å². The van der Waals surface area contributed by atoms with Crippen LogP contribution >= 0.6 is 0 Å². The Balaban J connectivity index is 1.46. The van der Waals surface area contributed by atoms with Gasteiger partial charge in [-0.25, -0.2) is 13.2 Å². The van der Waals surface area contributed by atoms with Crippen molar-refractivity contribution in [3.63, 3.8) is 0 Å². The number of aromatic nitrogens is 2. The summed E-state index contributed by atoms with van der Waals surface area (Å²) in [6, 6.07) is 7.64. The molecule has 3 heterocycles. The van der Waals surface area contributed by atoms with Crippen LogP contribution in [-0.4, -0.2) is 73.9 Å². The number of nitrogens with zero attached hydrogens (tertiary/aromatic N) is 4. The summed E-state index contributed by atoms with van der Waals surface area (Å²) in [5, 5.41) is 8.17. The highest BCUT2D eigenvalue weighted by molar-refractivity contribution is 7.91. The molecule has 16 heteroatoms. The largest absolute Gasteiger partial charge is 0.573 e. The number of halogens is 3. The fourth-order valence-corrected chi connectivity index (χ4v) is 6.31. The SMILES string of the molecule is COC(=O)N1CCC(c2nnc(-c3ccc4c(c3)N(Cc3ccc(OC(F)(F)F)cc3)C(=O)[C@@H](N)CS4(=O)=O)o2)C1. The molecule has 0 radical (unpaired) electrons. The van der Waals surface area contributed by atoms with Gasteiger partial charge in [0.1, 0.15) is 5.75 Å². The van der Waals surface area contributed by atoms with Crippen LogP contribution in [0, 0.1) is 0 Å². The van der Waals surface area contributed by atoms with Gasteiger partial charge >= 0.3 is 12.5 Å². The minimum atomic E-state index is -4.87. The lowest BCUT2D eigenvalue weighted by atomic mass is 10.1. The molecule has 3 aromatic rings. The maximum atomic E-state index is 13.3. The first-order valence-corrected chi connectivity index (χ1v) is 13.9. The van der Waals surface area contributed by atoms with Crippen molar-refractivity contribution < 1.29 is 45.1 Å². The van der Waals surface area contributed by atoms with Gasteiger partial charge in [-0.3, -0.25) is 4.79 Å². The van der Waals surface area contributed by atoms with Gasteiger partial charge in [0.25, 0.3) is 0 Å². The predicted octanol–water partition coefficient (Wildman–Crippen LogP) is 2.84. The number of benzene rings is 2. The van der Waals surface area contributed by atoms with Crippen molar-refractivity contribution in [2.45, 2.75) is 36.2 Å². The zero-order chi connectivity index (χ0) is 29.5. The Labute approximate surface area is 231 Å². The number of rotatable bonds is 5. The lowest BCUT2D eigenvalue weighted by molar-refractivity contribution is -0.274. The molecule has 0 aliphatic carbocycles. The van der Waals surface area contributed by atoms with Crippen LogP contribution in [-0.2, 0) is 25.9 Å². The molecule has 41 heavy (non-hydrogen) atoms. The first kappa shape index (κ1) is 28.4. The second-order valence-corrected chi connectivity index (χ2v) is 11.5. The predicted molar refractivity (Wildman–Crippen MR) is 135 cm³/mol. The molecule has 2 aliphatic heterocycles. The Hall–Kier alpha value is -4.18. The molecule has 1 fully saturated rings. The van der Waals surface area contributed by atoms with E-state index in [1.165, 1.54) is 42.3 Å². The molecular formula is C25H24F3N5O7S. The average molecular weight is 596 g/mol. The number of alkyl halides is 3. The lowest BCUT2D eigenvalue weighted by Crippen LogP contribution is -2.45. The summed E-state index contributed by atoms with van der Waals surface area (Å²) >= 11 is 0. The summed E-state index contributed by atoms with van der Waals surface area (Å²) in [6.07, 6.45) is -4.76. The number of ether oxygens (including phenoxy) is 2. The van der Waals surface area contributed by atoms with E-state index < -0.39 is 45.7 Å². The number of hydrogen-bond donors (Lipinski definition) is 1. The number of nitrogens with two attached hydrogens (primary N) is 1. The number of hydrogen-bond acceptors (Lipinski definition) is 10. The Bertz CT molecular complexity index is 1580. The van der Waals surface area contributed by atoms with Crippen LogP contribution < -0.4 is 15.4 Å². The summed E-state index contributed by atoms with van der Waals surface area (Å²) in [5.41, 5.74) is 6.67. The quantitative estimate of drug-likeness (QED) is 0.465. The third kappa shape index (κ3) is 5.97. The molecular weight excluding hydrogens is 571 g/mol. The Kier molecular flexibility index (Phi) is 7.37. The molecule has 0 bridgehead atoms. The van der Waals surface area contributed by atoms with Crippen molar-refractivity contribution in [1.29, 1.82) is 0 Å². The summed E-state index contributed by atoms with van der Waals surface area (Å²) in [4.78, 5) is 27.6. The molecule has 2 aliphatic rings. The zero-order valence-corrected chi connectivity index (χ0v) is 22.3. The number of amides is 2. The molecule has 2 amide bonds. The van der Waals surface area contributed by atoms with Crippen LogP contribution in [0.4, 0.5) is 23.7 Å². The van der Waals surface area contributed by atoms with Gasteiger partial charge in [0.05, 0.1) is 42.0 Å². The molecule has 0 saturated carbocycles. The van der Waals surface area contributed by atoms with Crippen LogP contribution in [0.25, 0.3) is 11.5 Å². The van der Waals surface area contributed by atoms with E-state index in [9.17, 15) is 31.2 Å². The summed E-state index contributed by atoms with van der Waals surface area (Å²) < 4.78 is 78.3. The van der Waals surface area contributed by atoms with Gasteiger partial charge in [-0.15, -0.1) is 23.4 Å². The van der Waals surface area contributed by atoms with Gasteiger partial charge in [0.2, 0.25) is 17.7 Å². The average Bonchev–Trinajstić information content (AvgIpc) is 3.59. The lowest BCUT2D eigenvalue weighted by Gasteiger charge is -2.24. The van der Waals surface area contributed by atoms with Gasteiger partial charge in [0.15, 0.2) is 9.84 Å². The van der Waals surface area contributed by atoms with Crippen LogP contribution in [0.1, 0.15) is 23.8 Å². The van der Waals surface area contributed by atoms with Crippen molar-refractivity contribution in [3.8, 4) is 17.2 Å². The van der Waals surface area contributed by atoms with E-state index in [0.29, 0.717) is 30.6 Å². The third-order valence-corrected chi connectivity index (χ3v) is 8.54. The van der Waals surface area contributed by atoms with E-state index in [0.717, 1.165) is 17.0 Å². The standard InChI is InChI=1S/C25H24F3N5O7S/c1-38-24(35)32-9-8-16(12-32)22-31-30-21(39-22)15-4-7-20-19(10-15)33(23(34)18(29)13-41(20,36)37)11-14-2-5-17(6-3-14)40-25(26,27)28/h2-7,10,16,18H,8-9,11-13,29H2,1H3/t16?,18-/m0/s1. The summed E-state index contributed by atoms with van der Waals surface area (Å²) in [5.74, 6) is -1.65. The van der Waals surface area contributed by atoms with E-state index in [2.05, 4.69) is 14.9 Å². The number of anilines is 1. The smallest absolute Gasteiger partial charge is 0.453 e. The molecule has 2 aromatic carbocycles. The first-order chi connectivity index (χ1) is 19.3. The number of sulfone groups is 1. The molecule has 12 nitrogen and oxygen atoms in total. The second-order valence-electron chi connectivity index (χ2n) is 9.53. The van der Waals surface area contributed by atoms with Gasteiger partial charge in [-0.1, -0.05) is 12.1 Å². The minimum absolute atomic E-state index is 0.00792. The van der Waals surface area contributed by atoms with Crippen LogP contribution in [0.2, 0.25) is 0 Å². The van der Waals surface area contributed by atoms with Crippen LogP contribution in [0.5, 0.6) is 5.75 Å². The molecule has 0 spiro atoms. The monoisotopic (exact) mass is 595 g/mol. The number of methoxy groups -OCH3 is 1. The van der Waals surface area contributed by atoms with E-state index in [1.807, 2.05) is 0 Å². The van der Waals surface area contributed by atoms with Crippen molar-refractivity contribution >= 4 is 27.5 Å². The number of likely N-dealkylation sites (tertiary alicyclic amines) is 1. The van der Waals surface area contributed by atoms with Gasteiger partial charge in [-0.05, 0) is 42.3 Å². The van der Waals surface area contributed by atoms with Crippen LogP contribution in [0.3, 0.4) is 0 Å². The normalized spacial score (nSPS) is 20.5. The highest BCUT2D eigenvalue weighted by atomic mass is 32.2. The number of carbonyl (C=O) groups excluding carboxylic acids is 2. The molecule has 218 valence electrons. The fraction of sp³-hybridized carbons (Fsp3) is 0.360. The van der Waals surface area contributed by atoms with Crippen molar-refractivity contribution in [3.05, 3.63) is 53.9 Å². The Morgan fingerprint density at radius 3 is 2.59 bits per heavy atom. The van der Waals surface area contributed by atoms with Gasteiger partial charge in [-0.2, -0.15) is 0 Å². The summed E-state index contributed by atoms with van der Waals surface area (Å²) in [7, 11) is -2.70. The highest BCUT2D eigenvalue weighted by Crippen LogP contribution is 2.36. The molecule has 1 unspecified atom stereocenters. The Morgan fingerprint density at radius 1 is 1.17 bits per heavy atom. The number of carbonyl (C=O) groups is 2. The van der Waals surface area contributed by atoms with E-state index >= 15 is 0 Å². The molecule has 1 saturated heterocycles. The van der Waals surface area contributed by atoms with Crippen molar-refractivity contribution in [1.82, 2.24) is 15.1 Å². The summed E-state index contributed by atoms with van der Waals surface area (Å²) in [6.45, 7) is 0.585. The number of fused-ring (bicyclic) bond motifs is 1. The van der Waals surface area contributed by atoms with E-state index in [4.69, 9.17) is 14.9 Å². The van der Waals surface area contributed by atoms with Gasteiger partial charge in [0, 0.05) is 18.7 Å². The van der Waals surface area contributed by atoms with Gasteiger partial charge < -0.3 is 29.4 Å². The van der Waals surface area contributed by atoms with Crippen molar-refractivity contribution in [2.75, 3.05) is 30.9 Å². The second kappa shape index (κ2) is 10.7. The topological polar surface area (TPSA) is 158 Å². The maximum Gasteiger partial charge on any atom is 0.573 e. The molecule has 5 rings (SSSR count). The minimum Gasteiger partial charge on any atom is -0.453 e. The molecule has 2 atom stereocenters. The van der Waals surface area contributed by atoms with E-state index in [1.54, 1.807) is 0 Å². The maximum absolute atomic E-state index is 13.3. The zero-order valence-electron chi connectivity index (χ0n) is 21.5. The molecule has 1 aromatic heterocycles. The first-order valence-electron chi connectivity index (χ1n) is 12.3. The fourth-order valence-electron chi connectivity index (χ4n) is 4.76. The molecule has 2 N–H and O–H groups in total. The highest BCUT2D eigenvalue weighted by Gasteiger charge is 2.37.